The highest BCUT2D eigenvalue weighted by molar-refractivity contribution is 5.62. The van der Waals surface area contributed by atoms with Crippen molar-refractivity contribution >= 4 is 0 Å². The summed E-state index contributed by atoms with van der Waals surface area (Å²) in [5, 5.41) is 0. The van der Waals surface area contributed by atoms with Gasteiger partial charge in [-0.05, 0) is 18.2 Å². The molecule has 0 N–H and O–H groups in total. The van der Waals surface area contributed by atoms with E-state index < -0.39 is 0 Å². The highest BCUT2D eigenvalue weighted by Crippen LogP contribution is 2.24. The monoisotopic (exact) mass is 215 g/mol. The highest BCUT2D eigenvalue weighted by atomic mass is 16.5. The van der Waals surface area contributed by atoms with Crippen LogP contribution >= 0.6 is 0 Å². The highest BCUT2D eigenvalue weighted by Gasteiger charge is 2.02. The molecule has 0 atom stereocenters. The first kappa shape index (κ1) is 10.5. The third-order valence-corrected chi connectivity index (χ3v) is 2.33. The van der Waals surface area contributed by atoms with Gasteiger partial charge in [-0.25, -0.2) is 0 Å². The van der Waals surface area contributed by atoms with Crippen LogP contribution in [0.4, 0.5) is 0 Å². The van der Waals surface area contributed by atoms with Gasteiger partial charge in [-0.15, -0.1) is 0 Å². The van der Waals surface area contributed by atoms with E-state index in [1.807, 2.05) is 36.4 Å². The second-order valence-electron chi connectivity index (χ2n) is 3.31. The fourth-order valence-electron chi connectivity index (χ4n) is 1.48. The van der Waals surface area contributed by atoms with Gasteiger partial charge in [0.1, 0.15) is 11.5 Å². The molecular formula is C13H13NO2. The average molecular weight is 215 g/mol. The van der Waals surface area contributed by atoms with Gasteiger partial charge in [0.25, 0.3) is 0 Å². The summed E-state index contributed by atoms with van der Waals surface area (Å²) < 4.78 is 10.3. The number of rotatable bonds is 3. The van der Waals surface area contributed by atoms with Crippen molar-refractivity contribution in [1.29, 1.82) is 0 Å². The fourth-order valence-corrected chi connectivity index (χ4v) is 1.48. The zero-order chi connectivity index (χ0) is 11.4. The Balaban J connectivity index is 2.41. The van der Waals surface area contributed by atoms with E-state index in [-0.39, 0.29) is 0 Å². The number of benzene rings is 1. The van der Waals surface area contributed by atoms with E-state index in [9.17, 15) is 0 Å². The van der Waals surface area contributed by atoms with Crippen LogP contribution in [0, 0.1) is 0 Å². The van der Waals surface area contributed by atoms with Crippen molar-refractivity contribution in [2.45, 2.75) is 0 Å². The molecule has 2 rings (SSSR count). The predicted octanol–water partition coefficient (Wildman–Crippen LogP) is 2.77. The van der Waals surface area contributed by atoms with E-state index in [1.165, 1.54) is 0 Å². The van der Waals surface area contributed by atoms with E-state index in [1.54, 1.807) is 20.4 Å². The molecule has 3 nitrogen and oxygen atoms in total. The van der Waals surface area contributed by atoms with Gasteiger partial charge in [0.2, 0.25) is 0 Å². The lowest BCUT2D eigenvalue weighted by Gasteiger charge is -2.05. The molecule has 82 valence electrons. The van der Waals surface area contributed by atoms with E-state index in [0.717, 1.165) is 22.8 Å². The van der Waals surface area contributed by atoms with Crippen LogP contribution in [-0.2, 0) is 0 Å². The summed E-state index contributed by atoms with van der Waals surface area (Å²) in [6, 6.07) is 11.5. The Morgan fingerprint density at radius 3 is 2.44 bits per heavy atom. The van der Waals surface area contributed by atoms with Crippen LogP contribution in [0.25, 0.3) is 11.3 Å². The molecular weight excluding hydrogens is 202 g/mol. The van der Waals surface area contributed by atoms with Crippen LogP contribution in [0.5, 0.6) is 11.5 Å². The van der Waals surface area contributed by atoms with Crippen LogP contribution in [-0.4, -0.2) is 19.2 Å². The third-order valence-electron chi connectivity index (χ3n) is 2.33. The molecule has 16 heavy (non-hydrogen) atoms. The largest absolute Gasteiger partial charge is 0.497 e. The Hall–Kier alpha value is -2.03. The average Bonchev–Trinajstić information content (AvgIpc) is 2.39. The molecule has 0 aliphatic heterocycles. The fraction of sp³-hybridized carbons (Fsp3) is 0.154. The molecule has 1 aromatic carbocycles. The molecule has 2 aromatic rings. The van der Waals surface area contributed by atoms with Crippen LogP contribution < -0.4 is 9.47 Å². The van der Waals surface area contributed by atoms with Crippen molar-refractivity contribution in [2.24, 2.45) is 0 Å². The Kier molecular flexibility index (Phi) is 3.05. The first-order valence-electron chi connectivity index (χ1n) is 4.98. The molecule has 1 heterocycles. The molecule has 3 heteroatoms. The van der Waals surface area contributed by atoms with Crippen molar-refractivity contribution in [1.82, 2.24) is 4.98 Å². The van der Waals surface area contributed by atoms with Crippen molar-refractivity contribution in [2.75, 3.05) is 14.2 Å². The van der Waals surface area contributed by atoms with Gasteiger partial charge < -0.3 is 9.47 Å². The van der Waals surface area contributed by atoms with Crippen molar-refractivity contribution in [3.8, 4) is 22.8 Å². The zero-order valence-corrected chi connectivity index (χ0v) is 9.31. The molecule has 0 bridgehead atoms. The van der Waals surface area contributed by atoms with Gasteiger partial charge in [-0.3, -0.25) is 4.98 Å². The van der Waals surface area contributed by atoms with Crippen LogP contribution in [0.1, 0.15) is 0 Å². The quantitative estimate of drug-likeness (QED) is 0.788. The minimum Gasteiger partial charge on any atom is -0.497 e. The summed E-state index contributed by atoms with van der Waals surface area (Å²) >= 11 is 0. The van der Waals surface area contributed by atoms with Crippen molar-refractivity contribution in [3.63, 3.8) is 0 Å². The SMILES string of the molecule is COc1cccc(-c2cc(OC)ccn2)c1. The van der Waals surface area contributed by atoms with Crippen molar-refractivity contribution < 1.29 is 9.47 Å². The van der Waals surface area contributed by atoms with Gasteiger partial charge in [-0.2, -0.15) is 0 Å². The first-order valence-corrected chi connectivity index (χ1v) is 4.98. The molecule has 0 radical (unpaired) electrons. The molecule has 0 saturated heterocycles. The standard InChI is InChI=1S/C13H13NO2/c1-15-11-5-3-4-10(8-11)13-9-12(16-2)6-7-14-13/h3-9H,1-2H3. The number of nitrogens with zero attached hydrogens (tertiary/aromatic N) is 1. The van der Waals surface area contributed by atoms with Crippen LogP contribution in [0.2, 0.25) is 0 Å². The minimum absolute atomic E-state index is 0.799. The first-order chi connectivity index (χ1) is 7.83. The van der Waals surface area contributed by atoms with Gasteiger partial charge >= 0.3 is 0 Å². The van der Waals surface area contributed by atoms with Crippen LogP contribution in [0.15, 0.2) is 42.6 Å². The normalized spacial score (nSPS) is 9.88. The molecule has 0 unspecified atom stereocenters. The smallest absolute Gasteiger partial charge is 0.122 e. The lowest BCUT2D eigenvalue weighted by atomic mass is 10.1. The number of hydrogen-bond donors (Lipinski definition) is 0. The third kappa shape index (κ3) is 2.14. The van der Waals surface area contributed by atoms with Gasteiger partial charge in [0, 0.05) is 17.8 Å². The summed E-state index contributed by atoms with van der Waals surface area (Å²) in [5.41, 5.74) is 1.89. The maximum atomic E-state index is 5.17. The summed E-state index contributed by atoms with van der Waals surface area (Å²) in [6.07, 6.45) is 1.73. The molecule has 1 aromatic heterocycles. The second kappa shape index (κ2) is 4.66. The Labute approximate surface area is 94.7 Å². The van der Waals surface area contributed by atoms with Crippen LogP contribution in [0.3, 0.4) is 0 Å². The van der Waals surface area contributed by atoms with Crippen molar-refractivity contribution in [3.05, 3.63) is 42.6 Å². The molecule has 0 aliphatic carbocycles. The Morgan fingerprint density at radius 2 is 1.69 bits per heavy atom. The maximum Gasteiger partial charge on any atom is 0.122 e. The van der Waals surface area contributed by atoms with Gasteiger partial charge in [-0.1, -0.05) is 12.1 Å². The van der Waals surface area contributed by atoms with Gasteiger partial charge in [0.15, 0.2) is 0 Å². The molecule has 0 spiro atoms. The maximum absolute atomic E-state index is 5.17. The van der Waals surface area contributed by atoms with E-state index in [4.69, 9.17) is 9.47 Å². The molecule has 0 fully saturated rings. The second-order valence-corrected chi connectivity index (χ2v) is 3.31. The predicted molar refractivity (Wildman–Crippen MR) is 62.8 cm³/mol. The number of hydrogen-bond acceptors (Lipinski definition) is 3. The summed E-state index contributed by atoms with van der Waals surface area (Å²) in [4.78, 5) is 4.30. The van der Waals surface area contributed by atoms with Gasteiger partial charge in [0.05, 0.1) is 19.9 Å². The van der Waals surface area contributed by atoms with E-state index in [0.29, 0.717) is 0 Å². The lowest BCUT2D eigenvalue weighted by molar-refractivity contribution is 0.414. The number of aromatic nitrogens is 1. The topological polar surface area (TPSA) is 31.4 Å². The summed E-state index contributed by atoms with van der Waals surface area (Å²) in [6.45, 7) is 0. The molecule has 0 amide bonds. The minimum atomic E-state index is 0.799. The number of ether oxygens (including phenoxy) is 2. The summed E-state index contributed by atoms with van der Waals surface area (Å²) in [7, 11) is 3.29. The zero-order valence-electron chi connectivity index (χ0n) is 9.31. The van der Waals surface area contributed by atoms with E-state index >= 15 is 0 Å². The lowest BCUT2D eigenvalue weighted by Crippen LogP contribution is -1.88. The van der Waals surface area contributed by atoms with E-state index in [2.05, 4.69) is 4.98 Å². The molecule has 0 aliphatic rings. The summed E-state index contributed by atoms with van der Waals surface area (Å²) in [5.74, 6) is 1.62. The Bertz CT molecular complexity index is 437. The number of pyridine rings is 1. The number of methoxy groups -OCH3 is 2. The Morgan fingerprint density at radius 1 is 0.938 bits per heavy atom. The molecule has 0 saturated carbocycles.